The standard InChI is InChI=1S/C18H17F3N6S/c1-27(2)16-14(7-13(9-23-16)18(19,20)21)12-5-3-11(4-6-12)8-24-26-17-25-15(22)10-28-17/h3-10H,22H2,1-2H3,(H,25,26). The fourth-order valence-corrected chi connectivity index (χ4v) is 2.98. The first-order valence-corrected chi connectivity index (χ1v) is 8.97. The molecule has 28 heavy (non-hydrogen) atoms. The number of halogens is 3. The number of aromatic nitrogens is 2. The monoisotopic (exact) mass is 406 g/mol. The minimum atomic E-state index is -4.45. The SMILES string of the molecule is CN(C)c1ncc(C(F)(F)F)cc1-c1ccc(C=NNc2nc(N)cs2)cc1. The Hall–Kier alpha value is -3.14. The number of hydrogen-bond donors (Lipinski definition) is 2. The number of pyridine rings is 1. The average Bonchev–Trinajstić information content (AvgIpc) is 3.06. The first-order chi connectivity index (χ1) is 13.2. The van der Waals surface area contributed by atoms with E-state index in [0.29, 0.717) is 27.9 Å². The van der Waals surface area contributed by atoms with Crippen LogP contribution in [0.15, 0.2) is 47.0 Å². The maximum Gasteiger partial charge on any atom is 0.417 e. The van der Waals surface area contributed by atoms with E-state index in [-0.39, 0.29) is 0 Å². The van der Waals surface area contributed by atoms with Crippen molar-refractivity contribution in [1.82, 2.24) is 9.97 Å². The van der Waals surface area contributed by atoms with Crippen molar-refractivity contribution in [3.63, 3.8) is 0 Å². The Kier molecular flexibility index (Phi) is 5.50. The second-order valence-electron chi connectivity index (χ2n) is 6.06. The van der Waals surface area contributed by atoms with Gasteiger partial charge in [-0.25, -0.2) is 9.97 Å². The van der Waals surface area contributed by atoms with Crippen molar-refractivity contribution in [3.05, 3.63) is 53.0 Å². The van der Waals surface area contributed by atoms with Gasteiger partial charge in [-0.2, -0.15) is 18.3 Å². The molecule has 0 bridgehead atoms. The largest absolute Gasteiger partial charge is 0.417 e. The zero-order valence-corrected chi connectivity index (χ0v) is 15.8. The maximum atomic E-state index is 13.1. The predicted molar refractivity (Wildman–Crippen MR) is 107 cm³/mol. The molecule has 0 aliphatic heterocycles. The Morgan fingerprint density at radius 1 is 1.21 bits per heavy atom. The van der Waals surface area contributed by atoms with Crippen LogP contribution in [0.4, 0.5) is 29.9 Å². The van der Waals surface area contributed by atoms with E-state index in [4.69, 9.17) is 5.73 Å². The predicted octanol–water partition coefficient (Wildman–Crippen LogP) is 4.32. The first-order valence-electron chi connectivity index (χ1n) is 8.09. The highest BCUT2D eigenvalue weighted by Crippen LogP contribution is 2.35. The molecule has 3 rings (SSSR count). The summed E-state index contributed by atoms with van der Waals surface area (Å²) in [6.07, 6.45) is -2.03. The van der Waals surface area contributed by atoms with Gasteiger partial charge in [0.2, 0.25) is 5.13 Å². The third-order valence-corrected chi connectivity index (χ3v) is 4.50. The first kappa shape index (κ1) is 19.6. The number of hydrazone groups is 1. The van der Waals surface area contributed by atoms with Gasteiger partial charge in [0.05, 0.1) is 11.8 Å². The Morgan fingerprint density at radius 3 is 2.50 bits per heavy atom. The molecule has 0 aliphatic rings. The van der Waals surface area contributed by atoms with E-state index in [9.17, 15) is 13.2 Å². The lowest BCUT2D eigenvalue weighted by Gasteiger charge is -2.18. The van der Waals surface area contributed by atoms with Crippen molar-refractivity contribution in [1.29, 1.82) is 0 Å². The molecule has 0 atom stereocenters. The van der Waals surface area contributed by atoms with E-state index >= 15 is 0 Å². The number of thiazole rings is 1. The maximum absolute atomic E-state index is 13.1. The minimum Gasteiger partial charge on any atom is -0.383 e. The van der Waals surface area contributed by atoms with Gasteiger partial charge in [0.15, 0.2) is 0 Å². The topological polar surface area (TPSA) is 79.4 Å². The molecule has 1 aromatic carbocycles. The van der Waals surface area contributed by atoms with Gasteiger partial charge in [-0.05, 0) is 17.2 Å². The van der Waals surface area contributed by atoms with Crippen LogP contribution in [0.2, 0.25) is 0 Å². The van der Waals surface area contributed by atoms with Gasteiger partial charge in [-0.15, -0.1) is 11.3 Å². The van der Waals surface area contributed by atoms with Crippen LogP contribution < -0.4 is 16.1 Å². The Labute approximate surface area is 163 Å². The third-order valence-electron chi connectivity index (χ3n) is 3.74. The van der Waals surface area contributed by atoms with Crippen LogP contribution in [-0.4, -0.2) is 30.3 Å². The molecule has 3 aromatic rings. The van der Waals surface area contributed by atoms with Crippen molar-refractivity contribution in [2.45, 2.75) is 6.18 Å². The number of nitrogens with one attached hydrogen (secondary N) is 1. The number of anilines is 3. The Balaban J connectivity index is 1.84. The van der Waals surface area contributed by atoms with Crippen molar-refractivity contribution in [2.75, 3.05) is 30.2 Å². The molecule has 0 unspecified atom stereocenters. The van der Waals surface area contributed by atoms with Gasteiger partial charge >= 0.3 is 6.18 Å². The summed E-state index contributed by atoms with van der Waals surface area (Å²) in [5.74, 6) is 0.871. The van der Waals surface area contributed by atoms with Crippen LogP contribution in [0.5, 0.6) is 0 Å². The molecule has 0 saturated heterocycles. The van der Waals surface area contributed by atoms with Crippen molar-refractivity contribution in [3.8, 4) is 11.1 Å². The van der Waals surface area contributed by atoms with Gasteiger partial charge < -0.3 is 10.6 Å². The van der Waals surface area contributed by atoms with Crippen molar-refractivity contribution >= 4 is 34.3 Å². The summed E-state index contributed by atoms with van der Waals surface area (Å²) in [7, 11) is 3.47. The van der Waals surface area contributed by atoms with Crippen LogP contribution in [0.3, 0.4) is 0 Å². The summed E-state index contributed by atoms with van der Waals surface area (Å²) in [5, 5.41) is 6.33. The van der Waals surface area contributed by atoms with Gasteiger partial charge in [-0.1, -0.05) is 24.3 Å². The smallest absolute Gasteiger partial charge is 0.383 e. The number of hydrogen-bond acceptors (Lipinski definition) is 7. The highest BCUT2D eigenvalue weighted by Gasteiger charge is 2.32. The van der Waals surface area contributed by atoms with E-state index in [0.717, 1.165) is 17.8 Å². The van der Waals surface area contributed by atoms with E-state index in [1.165, 1.54) is 11.3 Å². The van der Waals surface area contributed by atoms with Crippen LogP contribution in [0.25, 0.3) is 11.1 Å². The summed E-state index contributed by atoms with van der Waals surface area (Å²) in [6.45, 7) is 0. The lowest BCUT2D eigenvalue weighted by atomic mass is 10.0. The normalized spacial score (nSPS) is 11.8. The Bertz CT molecular complexity index is 980. The molecule has 2 aromatic heterocycles. The number of alkyl halides is 3. The molecule has 10 heteroatoms. The van der Waals surface area contributed by atoms with Gasteiger partial charge in [0.1, 0.15) is 11.6 Å². The van der Waals surface area contributed by atoms with Crippen molar-refractivity contribution < 1.29 is 13.2 Å². The number of benzene rings is 1. The second-order valence-corrected chi connectivity index (χ2v) is 6.91. The van der Waals surface area contributed by atoms with Crippen LogP contribution in [0, 0.1) is 0 Å². The molecule has 0 amide bonds. The number of rotatable bonds is 5. The van der Waals surface area contributed by atoms with Crippen LogP contribution in [0.1, 0.15) is 11.1 Å². The van der Waals surface area contributed by atoms with E-state index < -0.39 is 11.7 Å². The highest BCUT2D eigenvalue weighted by atomic mass is 32.1. The molecule has 6 nitrogen and oxygen atoms in total. The minimum absolute atomic E-state index is 0.402. The van der Waals surface area contributed by atoms with Gasteiger partial charge in [0.25, 0.3) is 0 Å². The zero-order chi connectivity index (χ0) is 20.3. The van der Waals surface area contributed by atoms with Crippen LogP contribution in [-0.2, 0) is 6.18 Å². The molecule has 146 valence electrons. The lowest BCUT2D eigenvalue weighted by molar-refractivity contribution is -0.137. The van der Waals surface area contributed by atoms with E-state index in [1.54, 1.807) is 54.9 Å². The summed E-state index contributed by atoms with van der Waals surface area (Å²) >= 11 is 1.33. The summed E-state index contributed by atoms with van der Waals surface area (Å²) in [6, 6.07) is 8.09. The van der Waals surface area contributed by atoms with Gasteiger partial charge in [-0.3, -0.25) is 5.43 Å². The molecule has 0 spiro atoms. The summed E-state index contributed by atoms with van der Waals surface area (Å²) in [5.41, 5.74) is 9.31. The third kappa shape index (κ3) is 4.58. The zero-order valence-electron chi connectivity index (χ0n) is 15.0. The molecule has 0 fully saturated rings. The number of nitrogen functional groups attached to an aromatic ring is 1. The quantitative estimate of drug-likeness (QED) is 0.487. The molecule has 3 N–H and O–H groups in total. The summed E-state index contributed by atoms with van der Waals surface area (Å²) < 4.78 is 39.2. The van der Waals surface area contributed by atoms with E-state index in [1.807, 2.05) is 0 Å². The number of nitrogens with zero attached hydrogens (tertiary/aromatic N) is 4. The Morgan fingerprint density at radius 2 is 1.93 bits per heavy atom. The fourth-order valence-electron chi connectivity index (χ4n) is 2.43. The fraction of sp³-hybridized carbons (Fsp3) is 0.167. The molecule has 0 radical (unpaired) electrons. The van der Waals surface area contributed by atoms with E-state index in [2.05, 4.69) is 20.5 Å². The molecular formula is C18H17F3N6S. The molecule has 2 heterocycles. The molecule has 0 aliphatic carbocycles. The molecule has 0 saturated carbocycles. The van der Waals surface area contributed by atoms with Gasteiger partial charge in [0, 0.05) is 31.2 Å². The highest BCUT2D eigenvalue weighted by molar-refractivity contribution is 7.14. The second kappa shape index (κ2) is 7.85. The molecular weight excluding hydrogens is 389 g/mol. The van der Waals surface area contributed by atoms with Crippen molar-refractivity contribution in [2.24, 2.45) is 5.10 Å². The number of nitrogens with two attached hydrogens (primary N) is 1. The lowest BCUT2D eigenvalue weighted by Crippen LogP contribution is -2.14. The summed E-state index contributed by atoms with van der Waals surface area (Å²) in [4.78, 5) is 9.68. The van der Waals surface area contributed by atoms with Crippen LogP contribution >= 0.6 is 11.3 Å². The average molecular weight is 406 g/mol.